The Morgan fingerprint density at radius 1 is 1.00 bits per heavy atom. The molecule has 0 saturated carbocycles. The Hall–Kier alpha value is -3.61. The standard InChI is InChI=1S/C28H31NO6/c1-19-16-23(26-21-12-7-8-13-22(21)27(31)35-24(26)17-19)34-25(30)14-6-3-9-15-29-28(32)33-18-20-10-4-2-5-11-20/h2,4-5,10-11,16-17H,3,6-9,12-15,18H2,1H3,(H,29,32). The SMILES string of the molecule is Cc1cc(OC(=O)CCCCCNC(=O)OCc2ccccc2)c2c3c(c(=O)oc2c1)CCCC3. The van der Waals surface area contributed by atoms with Crippen molar-refractivity contribution in [2.24, 2.45) is 0 Å². The number of hydrogen-bond acceptors (Lipinski definition) is 6. The van der Waals surface area contributed by atoms with Crippen LogP contribution in [-0.2, 0) is 29.0 Å². The summed E-state index contributed by atoms with van der Waals surface area (Å²) >= 11 is 0. The van der Waals surface area contributed by atoms with Crippen LogP contribution in [0.5, 0.6) is 5.75 Å². The summed E-state index contributed by atoms with van der Waals surface area (Å²) < 4.78 is 16.5. The number of fused-ring (bicyclic) bond motifs is 3. The van der Waals surface area contributed by atoms with Gasteiger partial charge in [0.2, 0.25) is 0 Å². The van der Waals surface area contributed by atoms with Crippen molar-refractivity contribution in [1.29, 1.82) is 0 Å². The molecule has 0 unspecified atom stereocenters. The highest BCUT2D eigenvalue weighted by Crippen LogP contribution is 2.34. The van der Waals surface area contributed by atoms with Gasteiger partial charge in [0.05, 0.1) is 5.39 Å². The van der Waals surface area contributed by atoms with Gasteiger partial charge < -0.3 is 19.2 Å². The summed E-state index contributed by atoms with van der Waals surface area (Å²) in [6.07, 6.45) is 5.42. The van der Waals surface area contributed by atoms with Gasteiger partial charge in [-0.05, 0) is 74.3 Å². The molecule has 1 amide bonds. The molecule has 0 atom stereocenters. The number of rotatable bonds is 9. The number of ether oxygens (including phenoxy) is 2. The first-order valence-electron chi connectivity index (χ1n) is 12.3. The fourth-order valence-corrected chi connectivity index (χ4v) is 4.46. The van der Waals surface area contributed by atoms with Crippen LogP contribution >= 0.6 is 0 Å². The minimum Gasteiger partial charge on any atom is -0.445 e. The molecule has 2 aromatic carbocycles. The highest BCUT2D eigenvalue weighted by atomic mass is 16.5. The van der Waals surface area contributed by atoms with Crippen molar-refractivity contribution in [3.05, 3.63) is 75.1 Å². The lowest BCUT2D eigenvalue weighted by Gasteiger charge is -2.18. The summed E-state index contributed by atoms with van der Waals surface area (Å²) in [7, 11) is 0. The molecule has 1 heterocycles. The summed E-state index contributed by atoms with van der Waals surface area (Å²) in [5.41, 5.74) is 3.65. The second-order valence-corrected chi connectivity index (χ2v) is 8.96. The van der Waals surface area contributed by atoms with Crippen LogP contribution in [0.2, 0.25) is 0 Å². The van der Waals surface area contributed by atoms with Crippen LogP contribution in [0.4, 0.5) is 4.79 Å². The van der Waals surface area contributed by atoms with E-state index in [0.717, 1.165) is 54.2 Å². The van der Waals surface area contributed by atoms with E-state index in [1.54, 1.807) is 0 Å². The van der Waals surface area contributed by atoms with E-state index in [2.05, 4.69) is 5.32 Å². The van der Waals surface area contributed by atoms with Crippen molar-refractivity contribution in [1.82, 2.24) is 5.32 Å². The molecule has 1 aliphatic rings. The quantitative estimate of drug-likeness (QED) is 0.193. The Morgan fingerprint density at radius 3 is 2.57 bits per heavy atom. The number of benzene rings is 2. The molecule has 0 aliphatic heterocycles. The van der Waals surface area contributed by atoms with Gasteiger partial charge in [0.1, 0.15) is 17.9 Å². The zero-order valence-corrected chi connectivity index (χ0v) is 20.1. The fraction of sp³-hybridized carbons (Fsp3) is 0.393. The Bertz CT molecular complexity index is 1250. The summed E-state index contributed by atoms with van der Waals surface area (Å²) in [6, 6.07) is 13.2. The lowest BCUT2D eigenvalue weighted by Crippen LogP contribution is -2.25. The van der Waals surface area contributed by atoms with E-state index in [4.69, 9.17) is 13.9 Å². The third kappa shape index (κ3) is 6.50. The van der Waals surface area contributed by atoms with Crippen molar-refractivity contribution in [2.45, 2.75) is 64.9 Å². The van der Waals surface area contributed by atoms with Crippen molar-refractivity contribution in [3.63, 3.8) is 0 Å². The van der Waals surface area contributed by atoms with Crippen LogP contribution in [-0.4, -0.2) is 18.6 Å². The van der Waals surface area contributed by atoms with Crippen LogP contribution in [0.1, 0.15) is 60.8 Å². The minimum atomic E-state index is -0.449. The highest BCUT2D eigenvalue weighted by Gasteiger charge is 2.22. The smallest absolute Gasteiger partial charge is 0.407 e. The fourth-order valence-electron chi connectivity index (χ4n) is 4.46. The molecule has 1 aliphatic carbocycles. The zero-order valence-electron chi connectivity index (χ0n) is 20.1. The Balaban J connectivity index is 1.24. The van der Waals surface area contributed by atoms with E-state index in [1.165, 1.54) is 0 Å². The van der Waals surface area contributed by atoms with Crippen LogP contribution in [0.25, 0.3) is 11.0 Å². The van der Waals surface area contributed by atoms with E-state index in [0.29, 0.717) is 36.3 Å². The average molecular weight is 478 g/mol. The molecule has 7 nitrogen and oxygen atoms in total. The second kappa shape index (κ2) is 11.7. The van der Waals surface area contributed by atoms with Crippen molar-refractivity contribution >= 4 is 23.0 Å². The molecule has 0 bridgehead atoms. The summed E-state index contributed by atoms with van der Waals surface area (Å²) in [5.74, 6) is 0.151. The number of nitrogens with one attached hydrogen (secondary N) is 1. The van der Waals surface area contributed by atoms with Gasteiger partial charge in [0, 0.05) is 18.5 Å². The number of carbonyl (C=O) groups excluding carboxylic acids is 2. The van der Waals surface area contributed by atoms with Gasteiger partial charge in [-0.1, -0.05) is 36.8 Å². The Morgan fingerprint density at radius 2 is 1.77 bits per heavy atom. The van der Waals surface area contributed by atoms with Crippen LogP contribution in [0.3, 0.4) is 0 Å². The maximum absolute atomic E-state index is 12.6. The largest absolute Gasteiger partial charge is 0.445 e. The first-order valence-corrected chi connectivity index (χ1v) is 12.3. The molecule has 0 spiro atoms. The zero-order chi connectivity index (χ0) is 24.6. The van der Waals surface area contributed by atoms with Crippen molar-refractivity contribution in [2.75, 3.05) is 6.54 Å². The number of carbonyl (C=O) groups is 2. The number of esters is 1. The first kappa shape index (κ1) is 24.5. The molecule has 0 radical (unpaired) electrons. The Labute approximate surface area is 204 Å². The monoisotopic (exact) mass is 477 g/mol. The van der Waals surface area contributed by atoms with Crippen LogP contribution in [0, 0.1) is 6.92 Å². The van der Waals surface area contributed by atoms with Gasteiger partial charge >= 0.3 is 17.7 Å². The second-order valence-electron chi connectivity index (χ2n) is 8.96. The Kier molecular flexibility index (Phi) is 8.19. The van der Waals surface area contributed by atoms with E-state index < -0.39 is 6.09 Å². The van der Waals surface area contributed by atoms with Crippen LogP contribution < -0.4 is 15.7 Å². The molecular weight excluding hydrogens is 446 g/mol. The minimum absolute atomic E-state index is 0.235. The first-order chi connectivity index (χ1) is 17.0. The lowest BCUT2D eigenvalue weighted by atomic mass is 9.90. The molecule has 1 N–H and O–H groups in total. The van der Waals surface area contributed by atoms with E-state index in [1.807, 2.05) is 49.4 Å². The van der Waals surface area contributed by atoms with E-state index in [-0.39, 0.29) is 24.6 Å². The molecule has 35 heavy (non-hydrogen) atoms. The molecule has 1 aromatic heterocycles. The molecule has 4 rings (SSSR count). The van der Waals surface area contributed by atoms with Gasteiger partial charge in [0.25, 0.3) is 0 Å². The average Bonchev–Trinajstić information content (AvgIpc) is 2.85. The predicted octanol–water partition coefficient (Wildman–Crippen LogP) is 5.37. The van der Waals surface area contributed by atoms with Gasteiger partial charge in [-0.2, -0.15) is 0 Å². The van der Waals surface area contributed by atoms with Crippen LogP contribution in [0.15, 0.2) is 51.7 Å². The summed E-state index contributed by atoms with van der Waals surface area (Å²) in [4.78, 5) is 36.7. The molecule has 0 fully saturated rings. The van der Waals surface area contributed by atoms with Gasteiger partial charge in [-0.25, -0.2) is 9.59 Å². The molecule has 184 valence electrons. The molecule has 0 saturated heterocycles. The number of aryl methyl sites for hydroxylation is 2. The normalized spacial score (nSPS) is 12.7. The topological polar surface area (TPSA) is 94.8 Å². The van der Waals surface area contributed by atoms with E-state index in [9.17, 15) is 14.4 Å². The van der Waals surface area contributed by atoms with Gasteiger partial charge in [-0.15, -0.1) is 0 Å². The maximum atomic E-state index is 12.6. The molecule has 3 aromatic rings. The maximum Gasteiger partial charge on any atom is 0.407 e. The van der Waals surface area contributed by atoms with Crippen molar-refractivity contribution in [3.8, 4) is 5.75 Å². The number of hydrogen-bond donors (Lipinski definition) is 1. The lowest BCUT2D eigenvalue weighted by molar-refractivity contribution is -0.134. The molecular formula is C28H31NO6. The summed E-state index contributed by atoms with van der Waals surface area (Å²) in [5, 5.41) is 3.47. The van der Waals surface area contributed by atoms with E-state index >= 15 is 0 Å². The predicted molar refractivity (Wildman–Crippen MR) is 133 cm³/mol. The summed E-state index contributed by atoms with van der Waals surface area (Å²) in [6.45, 7) is 2.60. The molecule has 7 heteroatoms. The highest BCUT2D eigenvalue weighted by molar-refractivity contribution is 5.91. The van der Waals surface area contributed by atoms with Crippen molar-refractivity contribution < 1.29 is 23.5 Å². The third-order valence-corrected chi connectivity index (χ3v) is 6.19. The number of amides is 1. The number of alkyl carbamates (subject to hydrolysis) is 1. The van der Waals surface area contributed by atoms with Gasteiger partial charge in [-0.3, -0.25) is 4.79 Å². The third-order valence-electron chi connectivity index (χ3n) is 6.19. The number of unbranched alkanes of at least 4 members (excludes halogenated alkanes) is 2. The van der Waals surface area contributed by atoms with Gasteiger partial charge in [0.15, 0.2) is 0 Å².